The normalized spacial score (nSPS) is 10.9. The van der Waals surface area contributed by atoms with E-state index in [1.165, 1.54) is 51.4 Å². The lowest BCUT2D eigenvalue weighted by molar-refractivity contribution is -0.134. The first kappa shape index (κ1) is 42.8. The minimum Gasteiger partial charge on any atom is -0.355 e. The van der Waals surface area contributed by atoms with E-state index in [1.54, 1.807) is 0 Å². The van der Waals surface area contributed by atoms with Gasteiger partial charge in [-0.1, -0.05) is 105 Å². The molecule has 0 aliphatic carbocycles. The van der Waals surface area contributed by atoms with Crippen LogP contribution < -0.4 is 16.0 Å². The summed E-state index contributed by atoms with van der Waals surface area (Å²) >= 11 is 0. The van der Waals surface area contributed by atoms with Gasteiger partial charge < -0.3 is 25.8 Å². The fourth-order valence-corrected chi connectivity index (χ4v) is 5.28. The Balaban J connectivity index is 4.14. The molecule has 0 unspecified atom stereocenters. The van der Waals surface area contributed by atoms with Crippen LogP contribution in [0.4, 0.5) is 0 Å². The minimum absolute atomic E-state index is 0.0837. The summed E-state index contributed by atoms with van der Waals surface area (Å²) < 4.78 is 0. The largest absolute Gasteiger partial charge is 0.355 e. The summed E-state index contributed by atoms with van der Waals surface area (Å²) in [4.78, 5) is 54.1. The van der Waals surface area contributed by atoms with Crippen LogP contribution in [0.3, 0.4) is 0 Å². The summed E-state index contributed by atoms with van der Waals surface area (Å²) in [5.74, 6) is -0.0460. The van der Waals surface area contributed by atoms with Gasteiger partial charge in [-0.15, -0.1) is 0 Å². The second-order valence-corrected chi connectivity index (χ2v) is 12.5. The van der Waals surface area contributed by atoms with E-state index in [0.29, 0.717) is 26.2 Å². The third kappa shape index (κ3) is 26.7. The second-order valence-electron chi connectivity index (χ2n) is 12.5. The Kier molecular flexibility index (Phi) is 30.3. The van der Waals surface area contributed by atoms with Crippen LogP contribution in [0.2, 0.25) is 0 Å². The van der Waals surface area contributed by atoms with Crippen LogP contribution in [0, 0.1) is 0 Å². The average Bonchev–Trinajstić information content (AvgIpc) is 3.04. The fraction of sp³-hybridized carbons (Fsp3) is 0.889. The van der Waals surface area contributed by atoms with Crippen LogP contribution in [0.1, 0.15) is 156 Å². The van der Waals surface area contributed by atoms with E-state index in [2.05, 4.69) is 43.6 Å². The third-order valence-electron chi connectivity index (χ3n) is 8.21. The van der Waals surface area contributed by atoms with E-state index < -0.39 is 0 Å². The molecule has 264 valence electrons. The number of rotatable bonds is 32. The van der Waals surface area contributed by atoms with Crippen molar-refractivity contribution in [2.75, 3.05) is 52.4 Å². The van der Waals surface area contributed by atoms with Crippen molar-refractivity contribution in [3.05, 3.63) is 0 Å². The molecule has 0 fully saturated rings. The van der Waals surface area contributed by atoms with Crippen molar-refractivity contribution in [2.24, 2.45) is 0 Å². The van der Waals surface area contributed by atoms with Gasteiger partial charge in [-0.3, -0.25) is 19.2 Å². The highest BCUT2D eigenvalue weighted by atomic mass is 16.2. The van der Waals surface area contributed by atoms with E-state index in [0.717, 1.165) is 77.5 Å². The number of hydrogen-bond acceptors (Lipinski definition) is 5. The number of unbranched alkanes of at least 4 members (excludes halogenated alkanes) is 12. The molecule has 0 atom stereocenters. The van der Waals surface area contributed by atoms with E-state index in [-0.39, 0.29) is 49.3 Å². The minimum atomic E-state index is -0.107. The van der Waals surface area contributed by atoms with Crippen molar-refractivity contribution in [3.8, 4) is 0 Å². The van der Waals surface area contributed by atoms with E-state index in [9.17, 15) is 19.2 Å². The number of nitrogens with one attached hydrogen (secondary N) is 3. The van der Waals surface area contributed by atoms with Crippen molar-refractivity contribution < 1.29 is 19.2 Å². The Morgan fingerprint density at radius 1 is 0.400 bits per heavy atom. The Labute approximate surface area is 276 Å². The molecular formula is C36H71N5O4. The summed E-state index contributed by atoms with van der Waals surface area (Å²) in [6, 6.07) is 0. The van der Waals surface area contributed by atoms with Crippen LogP contribution in [-0.2, 0) is 19.2 Å². The van der Waals surface area contributed by atoms with Gasteiger partial charge in [-0.2, -0.15) is 0 Å². The standard InChI is InChI=1S/C36H71N5O4/c1-5-9-13-17-29-40(30-18-14-10-6-2)35(44)23-21-33(42)38-27-25-37-26-28-39-34(43)22-24-36(45)41(31-19-15-11-7-3)32-20-16-12-8-4/h37H,5-32H2,1-4H3,(H,38,42)(H,39,43). The summed E-state index contributed by atoms with van der Waals surface area (Å²) in [6.07, 6.45) is 19.1. The molecule has 0 rings (SSSR count). The summed E-state index contributed by atoms with van der Waals surface area (Å²) in [7, 11) is 0. The van der Waals surface area contributed by atoms with E-state index in [4.69, 9.17) is 0 Å². The monoisotopic (exact) mass is 638 g/mol. The molecule has 4 amide bonds. The number of amides is 4. The molecule has 9 nitrogen and oxygen atoms in total. The molecule has 0 saturated heterocycles. The molecule has 0 aliphatic heterocycles. The molecule has 0 aromatic carbocycles. The Bertz CT molecular complexity index is 665. The SMILES string of the molecule is CCCCCCN(CCCCCC)C(=O)CCC(=O)NCCNCCNC(=O)CCC(=O)N(CCCCCC)CCCCCC. The van der Waals surface area contributed by atoms with Crippen molar-refractivity contribution in [3.63, 3.8) is 0 Å². The van der Waals surface area contributed by atoms with Gasteiger partial charge in [-0.05, 0) is 25.7 Å². The van der Waals surface area contributed by atoms with Gasteiger partial charge in [0.2, 0.25) is 23.6 Å². The molecule has 0 aromatic rings. The summed E-state index contributed by atoms with van der Waals surface area (Å²) in [5.41, 5.74) is 0. The summed E-state index contributed by atoms with van der Waals surface area (Å²) in [6.45, 7) is 14.0. The number of carbonyl (C=O) groups is 4. The van der Waals surface area contributed by atoms with Gasteiger partial charge in [0.25, 0.3) is 0 Å². The molecule has 9 heteroatoms. The summed E-state index contributed by atoms with van der Waals surface area (Å²) in [5, 5.41) is 8.98. The Morgan fingerprint density at radius 3 is 1.00 bits per heavy atom. The van der Waals surface area contributed by atoms with Gasteiger partial charge >= 0.3 is 0 Å². The van der Waals surface area contributed by atoms with E-state index >= 15 is 0 Å². The van der Waals surface area contributed by atoms with Crippen molar-refractivity contribution >= 4 is 23.6 Å². The van der Waals surface area contributed by atoms with Crippen molar-refractivity contribution in [1.82, 2.24) is 25.8 Å². The molecule has 0 saturated carbocycles. The Morgan fingerprint density at radius 2 is 0.711 bits per heavy atom. The van der Waals surface area contributed by atoms with Crippen LogP contribution in [0.25, 0.3) is 0 Å². The van der Waals surface area contributed by atoms with E-state index in [1.807, 2.05) is 9.80 Å². The van der Waals surface area contributed by atoms with Crippen LogP contribution in [0.5, 0.6) is 0 Å². The molecule has 0 spiro atoms. The number of carbonyl (C=O) groups excluding carboxylic acids is 4. The van der Waals surface area contributed by atoms with Gasteiger partial charge in [0.1, 0.15) is 0 Å². The molecule has 0 aliphatic rings. The number of hydrogen-bond donors (Lipinski definition) is 3. The average molecular weight is 638 g/mol. The smallest absolute Gasteiger partial charge is 0.223 e. The second kappa shape index (κ2) is 31.8. The lowest BCUT2D eigenvalue weighted by Gasteiger charge is -2.23. The van der Waals surface area contributed by atoms with Crippen LogP contribution in [0.15, 0.2) is 0 Å². The van der Waals surface area contributed by atoms with Gasteiger partial charge in [-0.25, -0.2) is 0 Å². The Hall–Kier alpha value is -2.16. The highest BCUT2D eigenvalue weighted by molar-refractivity contribution is 5.84. The molecule has 45 heavy (non-hydrogen) atoms. The first-order valence-electron chi connectivity index (χ1n) is 18.7. The maximum absolute atomic E-state index is 12.8. The quantitative estimate of drug-likeness (QED) is 0.0745. The predicted octanol–water partition coefficient (Wildman–Crippen LogP) is 6.35. The van der Waals surface area contributed by atoms with Crippen LogP contribution >= 0.6 is 0 Å². The first-order chi connectivity index (χ1) is 21.9. The molecular weight excluding hydrogens is 566 g/mol. The maximum atomic E-state index is 12.8. The third-order valence-corrected chi connectivity index (χ3v) is 8.21. The molecule has 0 aromatic heterocycles. The highest BCUT2D eigenvalue weighted by Gasteiger charge is 2.16. The molecule has 0 heterocycles. The fourth-order valence-electron chi connectivity index (χ4n) is 5.28. The molecule has 0 bridgehead atoms. The zero-order valence-corrected chi connectivity index (χ0v) is 29.8. The zero-order chi connectivity index (χ0) is 33.4. The number of nitrogens with zero attached hydrogens (tertiary/aromatic N) is 2. The van der Waals surface area contributed by atoms with Gasteiger partial charge in [0.05, 0.1) is 0 Å². The lowest BCUT2D eigenvalue weighted by atomic mass is 10.1. The van der Waals surface area contributed by atoms with Crippen molar-refractivity contribution in [1.29, 1.82) is 0 Å². The van der Waals surface area contributed by atoms with Crippen molar-refractivity contribution in [2.45, 2.75) is 156 Å². The van der Waals surface area contributed by atoms with Gasteiger partial charge in [0, 0.05) is 78.0 Å². The topological polar surface area (TPSA) is 111 Å². The van der Waals surface area contributed by atoms with Gasteiger partial charge in [0.15, 0.2) is 0 Å². The molecule has 3 N–H and O–H groups in total. The lowest BCUT2D eigenvalue weighted by Crippen LogP contribution is -2.38. The van der Waals surface area contributed by atoms with Crippen LogP contribution in [-0.4, -0.2) is 85.8 Å². The first-order valence-corrected chi connectivity index (χ1v) is 18.7. The molecule has 0 radical (unpaired) electrons. The zero-order valence-electron chi connectivity index (χ0n) is 29.8. The maximum Gasteiger partial charge on any atom is 0.223 e. The highest BCUT2D eigenvalue weighted by Crippen LogP contribution is 2.09. The predicted molar refractivity (Wildman–Crippen MR) is 187 cm³/mol.